The smallest absolute Gasteiger partial charge is 0.142 e. The quantitative estimate of drug-likeness (QED) is 0.613. The van der Waals surface area contributed by atoms with E-state index in [0.29, 0.717) is 6.61 Å². The van der Waals surface area contributed by atoms with E-state index in [1.807, 2.05) is 13.0 Å². The summed E-state index contributed by atoms with van der Waals surface area (Å²) in [5.41, 5.74) is 2.50. The van der Waals surface area contributed by atoms with Crippen molar-refractivity contribution in [3.8, 4) is 5.75 Å². The van der Waals surface area contributed by atoms with Gasteiger partial charge in [0.15, 0.2) is 0 Å². The highest BCUT2D eigenvalue weighted by Crippen LogP contribution is 2.32. The molecule has 1 unspecified atom stereocenters. The highest BCUT2D eigenvalue weighted by atomic mass is 16.5. The lowest BCUT2D eigenvalue weighted by atomic mass is 9.99. The maximum absolute atomic E-state index is 5.88. The van der Waals surface area contributed by atoms with Crippen molar-refractivity contribution < 1.29 is 4.74 Å². The molecule has 3 nitrogen and oxygen atoms in total. The van der Waals surface area contributed by atoms with Gasteiger partial charge < -0.3 is 15.0 Å². The fourth-order valence-corrected chi connectivity index (χ4v) is 2.93. The van der Waals surface area contributed by atoms with Crippen LogP contribution in [0.15, 0.2) is 30.9 Å². The second kappa shape index (κ2) is 8.08. The molecule has 1 aromatic rings. The third-order valence-corrected chi connectivity index (χ3v) is 3.94. The summed E-state index contributed by atoms with van der Waals surface area (Å²) in [6.07, 6.45) is 4.49. The Morgan fingerprint density at radius 1 is 1.48 bits per heavy atom. The zero-order valence-corrected chi connectivity index (χ0v) is 13.4. The SMILES string of the molecule is C=CCNCc1ccc(N2CCCC(C)C2)c(OCC)c1. The van der Waals surface area contributed by atoms with Gasteiger partial charge in [-0.05, 0) is 43.4 Å². The molecule has 0 aliphatic carbocycles. The number of rotatable bonds is 7. The van der Waals surface area contributed by atoms with Gasteiger partial charge in [-0.25, -0.2) is 0 Å². The van der Waals surface area contributed by atoms with Crippen LogP contribution >= 0.6 is 0 Å². The minimum Gasteiger partial charge on any atom is -0.492 e. The summed E-state index contributed by atoms with van der Waals surface area (Å²) in [6, 6.07) is 6.59. The number of anilines is 1. The van der Waals surface area contributed by atoms with Crippen molar-refractivity contribution in [1.82, 2.24) is 5.32 Å². The van der Waals surface area contributed by atoms with E-state index in [-0.39, 0.29) is 0 Å². The van der Waals surface area contributed by atoms with E-state index in [9.17, 15) is 0 Å². The van der Waals surface area contributed by atoms with Gasteiger partial charge in [0.2, 0.25) is 0 Å². The van der Waals surface area contributed by atoms with Crippen molar-refractivity contribution in [3.63, 3.8) is 0 Å². The lowest BCUT2D eigenvalue weighted by molar-refractivity contribution is 0.337. The number of benzene rings is 1. The van der Waals surface area contributed by atoms with Crippen molar-refractivity contribution in [2.24, 2.45) is 5.92 Å². The summed E-state index contributed by atoms with van der Waals surface area (Å²) in [6.45, 7) is 12.8. The fourth-order valence-electron chi connectivity index (χ4n) is 2.93. The van der Waals surface area contributed by atoms with E-state index in [1.54, 1.807) is 0 Å². The topological polar surface area (TPSA) is 24.5 Å². The molecule has 1 aliphatic rings. The Morgan fingerprint density at radius 3 is 3.05 bits per heavy atom. The third-order valence-electron chi connectivity index (χ3n) is 3.94. The predicted molar refractivity (Wildman–Crippen MR) is 90.1 cm³/mol. The number of hydrogen-bond acceptors (Lipinski definition) is 3. The molecular weight excluding hydrogens is 260 g/mol. The molecule has 21 heavy (non-hydrogen) atoms. The van der Waals surface area contributed by atoms with Crippen molar-refractivity contribution in [1.29, 1.82) is 0 Å². The van der Waals surface area contributed by atoms with E-state index >= 15 is 0 Å². The highest BCUT2D eigenvalue weighted by Gasteiger charge is 2.19. The van der Waals surface area contributed by atoms with E-state index in [1.165, 1.54) is 24.1 Å². The number of piperidine rings is 1. The second-order valence-electron chi connectivity index (χ2n) is 5.85. The van der Waals surface area contributed by atoms with Crippen molar-refractivity contribution in [3.05, 3.63) is 36.4 Å². The Hall–Kier alpha value is -1.48. The standard InChI is InChI=1S/C18H28N2O/c1-4-10-19-13-16-8-9-17(18(12-16)21-5-2)20-11-6-7-15(3)14-20/h4,8-9,12,15,19H,1,5-7,10-11,13-14H2,2-3H3. The van der Waals surface area contributed by atoms with Crippen LogP contribution in [0.25, 0.3) is 0 Å². The van der Waals surface area contributed by atoms with Gasteiger partial charge in [0.1, 0.15) is 5.75 Å². The van der Waals surface area contributed by atoms with Crippen LogP contribution in [0.3, 0.4) is 0 Å². The second-order valence-corrected chi connectivity index (χ2v) is 5.85. The van der Waals surface area contributed by atoms with Gasteiger partial charge in [-0.2, -0.15) is 0 Å². The molecule has 116 valence electrons. The minimum absolute atomic E-state index is 0.708. The zero-order valence-electron chi connectivity index (χ0n) is 13.4. The van der Waals surface area contributed by atoms with E-state index in [4.69, 9.17) is 4.74 Å². The number of nitrogens with zero attached hydrogens (tertiary/aromatic N) is 1. The summed E-state index contributed by atoms with van der Waals surface area (Å²) < 4.78 is 5.88. The Bertz CT molecular complexity index is 459. The third kappa shape index (κ3) is 4.50. The lowest BCUT2D eigenvalue weighted by Gasteiger charge is -2.34. The summed E-state index contributed by atoms with van der Waals surface area (Å²) in [5, 5.41) is 3.34. The molecular formula is C18H28N2O. The van der Waals surface area contributed by atoms with Gasteiger partial charge in [0.25, 0.3) is 0 Å². The maximum atomic E-state index is 5.88. The van der Waals surface area contributed by atoms with Crippen LogP contribution in [-0.2, 0) is 6.54 Å². The van der Waals surface area contributed by atoms with E-state index in [0.717, 1.165) is 37.8 Å². The number of hydrogen-bond donors (Lipinski definition) is 1. The van der Waals surface area contributed by atoms with Gasteiger partial charge in [-0.1, -0.05) is 19.1 Å². The maximum Gasteiger partial charge on any atom is 0.142 e. The van der Waals surface area contributed by atoms with E-state index < -0.39 is 0 Å². The van der Waals surface area contributed by atoms with Crippen molar-refractivity contribution in [2.45, 2.75) is 33.2 Å². The molecule has 3 heteroatoms. The first-order chi connectivity index (χ1) is 10.2. The summed E-state index contributed by atoms with van der Waals surface area (Å²) >= 11 is 0. The van der Waals surface area contributed by atoms with Gasteiger partial charge in [-0.15, -0.1) is 6.58 Å². The summed E-state index contributed by atoms with van der Waals surface area (Å²) in [5.74, 6) is 1.78. The van der Waals surface area contributed by atoms with Crippen molar-refractivity contribution in [2.75, 3.05) is 31.1 Å². The lowest BCUT2D eigenvalue weighted by Crippen LogP contribution is -2.34. The molecule has 1 aromatic carbocycles. The molecule has 0 aromatic heterocycles. The van der Waals surface area contributed by atoms with Crippen LogP contribution in [0.2, 0.25) is 0 Å². The molecule has 0 bridgehead atoms. The highest BCUT2D eigenvalue weighted by molar-refractivity contribution is 5.60. The average Bonchev–Trinajstić information content (AvgIpc) is 2.48. The monoisotopic (exact) mass is 288 g/mol. The summed E-state index contributed by atoms with van der Waals surface area (Å²) in [7, 11) is 0. The largest absolute Gasteiger partial charge is 0.492 e. The normalized spacial score (nSPS) is 18.6. The summed E-state index contributed by atoms with van der Waals surface area (Å²) in [4.78, 5) is 2.47. The molecule has 1 fully saturated rings. The van der Waals surface area contributed by atoms with Crippen molar-refractivity contribution >= 4 is 5.69 Å². The van der Waals surface area contributed by atoms with Gasteiger partial charge in [0, 0.05) is 26.2 Å². The van der Waals surface area contributed by atoms with Crippen LogP contribution in [0.4, 0.5) is 5.69 Å². The Morgan fingerprint density at radius 2 is 2.33 bits per heavy atom. The molecule has 0 saturated carbocycles. The van der Waals surface area contributed by atoms with Crippen LogP contribution in [0.1, 0.15) is 32.3 Å². The van der Waals surface area contributed by atoms with Gasteiger partial charge in [0.05, 0.1) is 12.3 Å². The van der Waals surface area contributed by atoms with Gasteiger partial charge >= 0.3 is 0 Å². The minimum atomic E-state index is 0.708. The molecule has 0 radical (unpaired) electrons. The molecule has 1 atom stereocenters. The Labute approximate surface area is 129 Å². The first-order valence-corrected chi connectivity index (χ1v) is 8.07. The van der Waals surface area contributed by atoms with Crippen LogP contribution in [0, 0.1) is 5.92 Å². The number of nitrogens with one attached hydrogen (secondary N) is 1. The average molecular weight is 288 g/mol. The van der Waals surface area contributed by atoms with Gasteiger partial charge in [-0.3, -0.25) is 0 Å². The number of ether oxygens (including phenoxy) is 1. The fraction of sp³-hybridized carbons (Fsp3) is 0.556. The Kier molecular flexibility index (Phi) is 6.12. The molecule has 0 spiro atoms. The molecule has 1 aliphatic heterocycles. The molecule has 1 heterocycles. The van der Waals surface area contributed by atoms with Crippen LogP contribution < -0.4 is 15.0 Å². The Balaban J connectivity index is 2.13. The predicted octanol–water partition coefficient (Wildman–Crippen LogP) is 3.60. The van der Waals surface area contributed by atoms with Crippen LogP contribution in [-0.4, -0.2) is 26.2 Å². The van der Waals surface area contributed by atoms with Crippen LogP contribution in [0.5, 0.6) is 5.75 Å². The first-order valence-electron chi connectivity index (χ1n) is 8.07. The first kappa shape index (κ1) is 15.9. The molecule has 1 saturated heterocycles. The zero-order chi connectivity index (χ0) is 15.1. The molecule has 1 N–H and O–H groups in total. The van der Waals surface area contributed by atoms with E-state index in [2.05, 4.69) is 41.9 Å². The molecule has 0 amide bonds. The molecule has 2 rings (SSSR count).